The number of aromatic nitrogens is 2. The van der Waals surface area contributed by atoms with Crippen LogP contribution in [0.15, 0.2) is 52.9 Å². The lowest BCUT2D eigenvalue weighted by Gasteiger charge is -2.30. The first-order chi connectivity index (χ1) is 19.3. The molecular weight excluding hydrogens is 521 g/mol. The number of aliphatic carboxylic acids is 1. The van der Waals surface area contributed by atoms with Crippen molar-refractivity contribution in [1.82, 2.24) is 15.1 Å². The molecule has 1 saturated carbocycles. The number of rotatable bonds is 8. The van der Waals surface area contributed by atoms with Crippen LogP contribution in [0.1, 0.15) is 60.7 Å². The second-order valence-electron chi connectivity index (χ2n) is 10.3. The van der Waals surface area contributed by atoms with Crippen molar-refractivity contribution in [3.8, 4) is 0 Å². The Bertz CT molecular complexity index is 1370. The molecule has 2 aliphatic rings. The number of aliphatic hydroxyl groups excluding tert-OH is 1. The standard InChI is InChI=1S/C28H30FN5O6/c29-21-3-1-2-4-22(21)31-28-33-32-26(40-28)25(37)30-19-11-9-18(10-12-19)17-7-5-16(6-8-17)13-24(36)34-15-20(35)14-23(34)27(38)39/h1-4,9-12,16-17,20,23,35H,5-8,13-15H2,(H,30,37)(H,31,33)(H,38,39)/t16?,17?,20-,23+/m1/s1. The number of para-hydroxylation sites is 1. The van der Waals surface area contributed by atoms with Crippen LogP contribution >= 0.6 is 0 Å². The average Bonchev–Trinajstić information content (AvgIpc) is 3.58. The minimum atomic E-state index is -1.08. The van der Waals surface area contributed by atoms with E-state index in [1.165, 1.54) is 17.0 Å². The first-order valence-electron chi connectivity index (χ1n) is 13.2. The summed E-state index contributed by atoms with van der Waals surface area (Å²) in [5.74, 6) is -2.14. The molecule has 11 nitrogen and oxygen atoms in total. The van der Waals surface area contributed by atoms with Crippen LogP contribution in [0.5, 0.6) is 0 Å². The fourth-order valence-corrected chi connectivity index (χ4v) is 5.45. The largest absolute Gasteiger partial charge is 0.480 e. The van der Waals surface area contributed by atoms with E-state index in [4.69, 9.17) is 4.42 Å². The number of carboxylic acids is 1. The van der Waals surface area contributed by atoms with Crippen molar-refractivity contribution in [2.24, 2.45) is 5.92 Å². The Labute approximate surface area is 229 Å². The molecule has 2 amide bonds. The van der Waals surface area contributed by atoms with Gasteiger partial charge in [-0.1, -0.05) is 29.4 Å². The van der Waals surface area contributed by atoms with Gasteiger partial charge < -0.3 is 30.2 Å². The third-order valence-corrected chi connectivity index (χ3v) is 7.57. The number of carboxylic acid groups (broad SMARTS) is 1. The lowest BCUT2D eigenvalue weighted by atomic mass is 9.77. The van der Waals surface area contributed by atoms with Gasteiger partial charge in [-0.3, -0.25) is 9.59 Å². The summed E-state index contributed by atoms with van der Waals surface area (Å²) in [5.41, 5.74) is 1.83. The molecule has 2 aromatic carbocycles. The lowest BCUT2D eigenvalue weighted by Crippen LogP contribution is -2.41. The van der Waals surface area contributed by atoms with Gasteiger partial charge in [-0.25, -0.2) is 9.18 Å². The maximum atomic E-state index is 13.8. The Hall–Kier alpha value is -4.32. The number of benzene rings is 2. The van der Waals surface area contributed by atoms with Gasteiger partial charge in [0.1, 0.15) is 11.9 Å². The topological polar surface area (TPSA) is 158 Å². The minimum Gasteiger partial charge on any atom is -0.480 e. The summed E-state index contributed by atoms with van der Waals surface area (Å²) >= 11 is 0. The molecule has 0 radical (unpaired) electrons. The summed E-state index contributed by atoms with van der Waals surface area (Å²) in [5, 5.41) is 32.0. The van der Waals surface area contributed by atoms with Crippen LogP contribution in [0, 0.1) is 11.7 Å². The summed E-state index contributed by atoms with van der Waals surface area (Å²) < 4.78 is 19.1. The van der Waals surface area contributed by atoms with Gasteiger partial charge in [0.25, 0.3) is 0 Å². The summed E-state index contributed by atoms with van der Waals surface area (Å²) in [6, 6.07) is 12.4. The molecular formula is C28H30FN5O6. The van der Waals surface area contributed by atoms with Crippen LogP contribution in [0.25, 0.3) is 0 Å². The second-order valence-corrected chi connectivity index (χ2v) is 10.3. The molecule has 0 spiro atoms. The van der Waals surface area contributed by atoms with E-state index in [-0.39, 0.29) is 42.4 Å². The number of carbonyl (C=O) groups is 3. The van der Waals surface area contributed by atoms with Gasteiger partial charge in [-0.05, 0) is 67.3 Å². The number of hydrogen-bond donors (Lipinski definition) is 4. The van der Waals surface area contributed by atoms with Crippen LogP contribution in [0.4, 0.5) is 21.8 Å². The van der Waals surface area contributed by atoms with Crippen molar-refractivity contribution in [1.29, 1.82) is 0 Å². The van der Waals surface area contributed by atoms with Crippen LogP contribution in [-0.2, 0) is 9.59 Å². The smallest absolute Gasteiger partial charge is 0.326 e. The van der Waals surface area contributed by atoms with E-state index in [1.807, 2.05) is 12.1 Å². The predicted molar refractivity (Wildman–Crippen MR) is 141 cm³/mol. The molecule has 0 bridgehead atoms. The number of halogens is 1. The third-order valence-electron chi connectivity index (χ3n) is 7.57. The number of β-amino-alcohol motifs (C(OH)–C–C–N with tert-alkyl or cyclic N) is 1. The molecule has 40 heavy (non-hydrogen) atoms. The highest BCUT2D eigenvalue weighted by molar-refractivity contribution is 6.00. The third kappa shape index (κ3) is 6.28. The van der Waals surface area contributed by atoms with Gasteiger partial charge in [0.2, 0.25) is 5.91 Å². The van der Waals surface area contributed by atoms with Crippen molar-refractivity contribution in [2.45, 2.75) is 56.6 Å². The zero-order chi connectivity index (χ0) is 28.2. The number of nitrogens with one attached hydrogen (secondary N) is 2. The molecule has 210 valence electrons. The van der Waals surface area contributed by atoms with E-state index in [0.29, 0.717) is 18.0 Å². The molecule has 2 atom stereocenters. The van der Waals surface area contributed by atoms with E-state index in [1.54, 1.807) is 24.3 Å². The van der Waals surface area contributed by atoms with Crippen LogP contribution in [0.3, 0.4) is 0 Å². The van der Waals surface area contributed by atoms with Crippen LogP contribution in [-0.4, -0.2) is 61.8 Å². The normalized spacial score (nSPS) is 22.6. The van der Waals surface area contributed by atoms with Gasteiger partial charge in [0.05, 0.1) is 11.8 Å². The van der Waals surface area contributed by atoms with Gasteiger partial charge in [0, 0.05) is 25.1 Å². The van der Waals surface area contributed by atoms with E-state index in [9.17, 15) is 29.0 Å². The highest BCUT2D eigenvalue weighted by Gasteiger charge is 2.39. The van der Waals surface area contributed by atoms with E-state index >= 15 is 0 Å². The van der Waals surface area contributed by atoms with E-state index < -0.39 is 29.8 Å². The Morgan fingerprint density at radius 3 is 2.45 bits per heavy atom. The highest BCUT2D eigenvalue weighted by atomic mass is 19.1. The number of carbonyl (C=O) groups excluding carboxylic acids is 2. The zero-order valence-electron chi connectivity index (χ0n) is 21.6. The SMILES string of the molecule is O=C(Nc1ccc(C2CCC(CC(=O)N3C[C@H](O)C[C@H]3C(=O)O)CC2)cc1)c1nnc(Nc2ccccc2F)o1. The summed E-state index contributed by atoms with van der Waals surface area (Å²) in [6.45, 7) is 0.0756. The van der Waals surface area contributed by atoms with Crippen molar-refractivity contribution in [2.75, 3.05) is 17.2 Å². The van der Waals surface area contributed by atoms with E-state index in [2.05, 4.69) is 20.8 Å². The molecule has 5 rings (SSSR count). The molecule has 1 aromatic heterocycles. The van der Waals surface area contributed by atoms with Crippen molar-refractivity contribution >= 4 is 35.2 Å². The minimum absolute atomic E-state index is 0.0756. The number of aliphatic hydroxyl groups is 1. The Morgan fingerprint density at radius 1 is 1.02 bits per heavy atom. The van der Waals surface area contributed by atoms with Crippen molar-refractivity contribution in [3.05, 3.63) is 65.8 Å². The fraction of sp³-hybridized carbons (Fsp3) is 0.393. The highest BCUT2D eigenvalue weighted by Crippen LogP contribution is 2.38. The lowest BCUT2D eigenvalue weighted by molar-refractivity contribution is -0.148. The molecule has 2 heterocycles. The number of likely N-dealkylation sites (tertiary alicyclic amines) is 1. The molecule has 1 aliphatic carbocycles. The molecule has 1 saturated heterocycles. The van der Waals surface area contributed by atoms with Crippen LogP contribution < -0.4 is 10.6 Å². The summed E-state index contributed by atoms with van der Waals surface area (Å²) in [4.78, 5) is 38.0. The maximum Gasteiger partial charge on any atom is 0.326 e. The first-order valence-corrected chi connectivity index (χ1v) is 13.2. The quantitative estimate of drug-likeness (QED) is 0.326. The second kappa shape index (κ2) is 11.8. The van der Waals surface area contributed by atoms with E-state index in [0.717, 1.165) is 31.2 Å². The average molecular weight is 552 g/mol. The first kappa shape index (κ1) is 27.3. The number of amides is 2. The fourth-order valence-electron chi connectivity index (χ4n) is 5.45. The molecule has 0 unspecified atom stereocenters. The molecule has 3 aromatic rings. The zero-order valence-corrected chi connectivity index (χ0v) is 21.6. The molecule has 2 fully saturated rings. The number of nitrogens with zero attached hydrogens (tertiary/aromatic N) is 3. The van der Waals surface area contributed by atoms with Crippen molar-refractivity contribution in [3.63, 3.8) is 0 Å². The van der Waals surface area contributed by atoms with Crippen molar-refractivity contribution < 1.29 is 33.4 Å². The number of hydrogen-bond acceptors (Lipinski definition) is 8. The Kier molecular flexibility index (Phi) is 8.06. The molecule has 4 N–H and O–H groups in total. The Morgan fingerprint density at radius 2 is 1.75 bits per heavy atom. The van der Waals surface area contributed by atoms with Gasteiger partial charge in [-0.15, -0.1) is 5.10 Å². The Balaban J connectivity index is 1.10. The maximum absolute atomic E-state index is 13.8. The predicted octanol–water partition coefficient (Wildman–Crippen LogP) is 3.91. The summed E-state index contributed by atoms with van der Waals surface area (Å²) in [7, 11) is 0. The van der Waals surface area contributed by atoms with Gasteiger partial charge in [-0.2, -0.15) is 0 Å². The van der Waals surface area contributed by atoms with Gasteiger partial charge >= 0.3 is 23.8 Å². The number of anilines is 3. The summed E-state index contributed by atoms with van der Waals surface area (Å²) in [6.07, 6.45) is 3.07. The monoisotopic (exact) mass is 551 g/mol. The van der Waals surface area contributed by atoms with Gasteiger partial charge in [0.15, 0.2) is 0 Å². The molecule has 1 aliphatic heterocycles. The molecule has 12 heteroatoms. The van der Waals surface area contributed by atoms with Crippen LogP contribution in [0.2, 0.25) is 0 Å².